The third-order valence-corrected chi connectivity index (χ3v) is 5.69. The zero-order chi connectivity index (χ0) is 19.1. The minimum atomic E-state index is -0.0780. The third kappa shape index (κ3) is 5.92. The normalized spacial score (nSPS) is 22.5. The number of benzene rings is 1. The van der Waals surface area contributed by atoms with E-state index in [1.807, 2.05) is 31.2 Å². The van der Waals surface area contributed by atoms with Gasteiger partial charge < -0.3 is 14.8 Å². The number of amides is 1. The van der Waals surface area contributed by atoms with Crippen LogP contribution in [0.25, 0.3) is 0 Å². The van der Waals surface area contributed by atoms with Gasteiger partial charge in [0, 0.05) is 45.9 Å². The maximum Gasteiger partial charge on any atom is 0.237 e. The van der Waals surface area contributed by atoms with E-state index >= 15 is 0 Å². The van der Waals surface area contributed by atoms with Crippen molar-refractivity contribution in [2.24, 2.45) is 0 Å². The van der Waals surface area contributed by atoms with Gasteiger partial charge in [0.1, 0.15) is 5.75 Å². The van der Waals surface area contributed by atoms with Gasteiger partial charge in [0.2, 0.25) is 5.91 Å². The molecule has 27 heavy (non-hydrogen) atoms. The Labute approximate surface area is 162 Å². The molecule has 2 saturated heterocycles. The van der Waals surface area contributed by atoms with Crippen LogP contribution in [-0.2, 0) is 16.0 Å². The number of nitrogens with one attached hydrogen (secondary N) is 1. The number of rotatable bonds is 8. The number of hydrogen-bond donors (Lipinski definition) is 1. The van der Waals surface area contributed by atoms with Crippen molar-refractivity contribution in [1.82, 2.24) is 15.1 Å². The smallest absolute Gasteiger partial charge is 0.237 e. The lowest BCUT2D eigenvalue weighted by Gasteiger charge is -2.38. The molecule has 1 aromatic rings. The molecule has 2 aliphatic heterocycles. The monoisotopic (exact) mass is 375 g/mol. The SMILES string of the molecule is COc1ccc(CCNC(=O)C(C)N2CCN(CC3CCCO3)CC2)cc1. The molecule has 1 aromatic carbocycles. The molecular weight excluding hydrogens is 342 g/mol. The van der Waals surface area contributed by atoms with Crippen molar-refractivity contribution < 1.29 is 14.3 Å². The van der Waals surface area contributed by atoms with Gasteiger partial charge in [-0.1, -0.05) is 12.1 Å². The van der Waals surface area contributed by atoms with Crippen molar-refractivity contribution in [3.8, 4) is 5.75 Å². The average molecular weight is 376 g/mol. The van der Waals surface area contributed by atoms with Crippen molar-refractivity contribution in [3.05, 3.63) is 29.8 Å². The number of carbonyl (C=O) groups is 1. The van der Waals surface area contributed by atoms with Gasteiger partial charge in [-0.3, -0.25) is 14.6 Å². The molecule has 1 N–H and O–H groups in total. The number of ether oxygens (including phenoxy) is 2. The Morgan fingerprint density at radius 3 is 2.63 bits per heavy atom. The Bertz CT molecular complexity index is 579. The van der Waals surface area contributed by atoms with Gasteiger partial charge >= 0.3 is 0 Å². The van der Waals surface area contributed by atoms with Crippen LogP contribution in [0.4, 0.5) is 0 Å². The van der Waals surface area contributed by atoms with E-state index in [4.69, 9.17) is 9.47 Å². The highest BCUT2D eigenvalue weighted by molar-refractivity contribution is 5.81. The molecule has 2 unspecified atom stereocenters. The Morgan fingerprint density at radius 2 is 2.00 bits per heavy atom. The molecule has 3 rings (SSSR count). The summed E-state index contributed by atoms with van der Waals surface area (Å²) >= 11 is 0. The van der Waals surface area contributed by atoms with E-state index in [0.717, 1.165) is 51.5 Å². The van der Waals surface area contributed by atoms with Crippen LogP contribution in [0.5, 0.6) is 5.75 Å². The summed E-state index contributed by atoms with van der Waals surface area (Å²) in [5.74, 6) is 0.978. The van der Waals surface area contributed by atoms with E-state index in [9.17, 15) is 4.79 Å². The number of nitrogens with zero attached hydrogens (tertiary/aromatic N) is 2. The summed E-state index contributed by atoms with van der Waals surface area (Å²) in [6.45, 7) is 8.55. The first-order valence-corrected chi connectivity index (χ1v) is 10.1. The number of piperazine rings is 1. The molecule has 0 radical (unpaired) electrons. The highest BCUT2D eigenvalue weighted by atomic mass is 16.5. The van der Waals surface area contributed by atoms with Gasteiger partial charge in [-0.15, -0.1) is 0 Å². The second-order valence-corrected chi connectivity index (χ2v) is 7.54. The molecule has 2 fully saturated rings. The van der Waals surface area contributed by atoms with Gasteiger partial charge in [-0.2, -0.15) is 0 Å². The van der Waals surface area contributed by atoms with E-state index < -0.39 is 0 Å². The lowest BCUT2D eigenvalue weighted by Crippen LogP contribution is -2.54. The topological polar surface area (TPSA) is 54.0 Å². The van der Waals surface area contributed by atoms with Crippen molar-refractivity contribution in [2.45, 2.75) is 38.3 Å². The molecular formula is C21H33N3O3. The quantitative estimate of drug-likeness (QED) is 0.747. The molecule has 2 atom stereocenters. The van der Waals surface area contributed by atoms with Crippen LogP contribution in [0.15, 0.2) is 24.3 Å². The number of carbonyl (C=O) groups excluding carboxylic acids is 1. The van der Waals surface area contributed by atoms with Crippen LogP contribution in [0.3, 0.4) is 0 Å². The molecule has 0 spiro atoms. The standard InChI is InChI=1S/C21H33N3O3/c1-17(21(25)22-10-9-18-5-7-19(26-2)8-6-18)24-13-11-23(12-14-24)16-20-4-3-15-27-20/h5-8,17,20H,3-4,9-16H2,1-2H3,(H,22,25). The van der Waals surface area contributed by atoms with Crippen molar-refractivity contribution in [1.29, 1.82) is 0 Å². The van der Waals surface area contributed by atoms with Crippen LogP contribution in [0, 0.1) is 0 Å². The first-order chi connectivity index (χ1) is 13.2. The van der Waals surface area contributed by atoms with E-state index in [1.54, 1.807) is 7.11 Å². The minimum Gasteiger partial charge on any atom is -0.497 e. The molecule has 6 nitrogen and oxygen atoms in total. The summed E-state index contributed by atoms with van der Waals surface area (Å²) in [5, 5.41) is 3.08. The fourth-order valence-corrected chi connectivity index (χ4v) is 3.85. The Balaban J connectivity index is 1.34. The summed E-state index contributed by atoms with van der Waals surface area (Å²) in [7, 11) is 1.67. The lowest BCUT2D eigenvalue weighted by molar-refractivity contribution is -0.126. The third-order valence-electron chi connectivity index (χ3n) is 5.69. The molecule has 2 heterocycles. The van der Waals surface area contributed by atoms with Crippen molar-refractivity contribution >= 4 is 5.91 Å². The molecule has 0 bridgehead atoms. The Hall–Kier alpha value is -1.63. The zero-order valence-electron chi connectivity index (χ0n) is 16.7. The van der Waals surface area contributed by atoms with Gasteiger partial charge in [-0.25, -0.2) is 0 Å². The van der Waals surface area contributed by atoms with Crippen LogP contribution in [-0.4, -0.2) is 80.8 Å². The van der Waals surface area contributed by atoms with E-state index in [0.29, 0.717) is 12.6 Å². The largest absolute Gasteiger partial charge is 0.497 e. The summed E-state index contributed by atoms with van der Waals surface area (Å²) in [5.41, 5.74) is 1.20. The summed E-state index contributed by atoms with van der Waals surface area (Å²) in [4.78, 5) is 17.2. The van der Waals surface area contributed by atoms with Gasteiger partial charge in [-0.05, 0) is 43.9 Å². The zero-order valence-corrected chi connectivity index (χ0v) is 16.7. The van der Waals surface area contributed by atoms with Gasteiger partial charge in [0.05, 0.1) is 19.3 Å². The number of methoxy groups -OCH3 is 1. The second-order valence-electron chi connectivity index (χ2n) is 7.54. The fourth-order valence-electron chi connectivity index (χ4n) is 3.85. The Morgan fingerprint density at radius 1 is 1.26 bits per heavy atom. The highest BCUT2D eigenvalue weighted by Gasteiger charge is 2.27. The van der Waals surface area contributed by atoms with Gasteiger partial charge in [0.25, 0.3) is 0 Å². The second kappa shape index (κ2) is 10.1. The van der Waals surface area contributed by atoms with E-state index in [1.165, 1.54) is 18.4 Å². The van der Waals surface area contributed by atoms with Crippen LogP contribution in [0.2, 0.25) is 0 Å². The maximum absolute atomic E-state index is 12.5. The lowest BCUT2D eigenvalue weighted by atomic mass is 10.1. The summed E-state index contributed by atoms with van der Waals surface area (Å²) < 4.78 is 10.9. The molecule has 0 aromatic heterocycles. The van der Waals surface area contributed by atoms with E-state index in [-0.39, 0.29) is 11.9 Å². The van der Waals surface area contributed by atoms with Crippen LogP contribution < -0.4 is 10.1 Å². The summed E-state index contributed by atoms with van der Waals surface area (Å²) in [6.07, 6.45) is 3.62. The summed E-state index contributed by atoms with van der Waals surface area (Å²) in [6, 6.07) is 7.92. The molecule has 0 aliphatic carbocycles. The number of hydrogen-bond acceptors (Lipinski definition) is 5. The van der Waals surface area contributed by atoms with Crippen LogP contribution in [0.1, 0.15) is 25.3 Å². The molecule has 6 heteroatoms. The van der Waals surface area contributed by atoms with E-state index in [2.05, 4.69) is 15.1 Å². The minimum absolute atomic E-state index is 0.0780. The molecule has 0 saturated carbocycles. The predicted molar refractivity (Wildman–Crippen MR) is 106 cm³/mol. The molecule has 150 valence electrons. The van der Waals surface area contributed by atoms with Crippen molar-refractivity contribution in [3.63, 3.8) is 0 Å². The fraction of sp³-hybridized carbons (Fsp3) is 0.667. The molecule has 1 amide bonds. The average Bonchev–Trinajstić information content (AvgIpc) is 3.21. The highest BCUT2D eigenvalue weighted by Crippen LogP contribution is 2.15. The Kier molecular flexibility index (Phi) is 7.50. The first-order valence-electron chi connectivity index (χ1n) is 10.1. The van der Waals surface area contributed by atoms with Crippen LogP contribution >= 0.6 is 0 Å². The predicted octanol–water partition coefficient (Wildman–Crippen LogP) is 1.54. The van der Waals surface area contributed by atoms with Gasteiger partial charge in [0.15, 0.2) is 0 Å². The first kappa shape index (κ1) is 20.1. The maximum atomic E-state index is 12.5. The molecule has 2 aliphatic rings. The van der Waals surface area contributed by atoms with Crippen molar-refractivity contribution in [2.75, 3.05) is 53.0 Å².